The Morgan fingerprint density at radius 2 is 2.07 bits per heavy atom. The maximum Gasteiger partial charge on any atom is 0.440 e. The second-order valence-corrected chi connectivity index (χ2v) is 3.14. The third-order valence-electron chi connectivity index (χ3n) is 1.85. The Hall–Kier alpha value is -2.10. The third-order valence-corrected chi connectivity index (χ3v) is 1.85. The summed E-state index contributed by atoms with van der Waals surface area (Å²) in [6, 6.07) is 8.89. The highest BCUT2D eigenvalue weighted by molar-refractivity contribution is 5.72. The van der Waals surface area contributed by atoms with Crippen LogP contribution in [0.2, 0.25) is 0 Å². The van der Waals surface area contributed by atoms with Crippen molar-refractivity contribution in [1.29, 1.82) is 0 Å². The molecule has 0 fully saturated rings. The summed E-state index contributed by atoms with van der Waals surface area (Å²) in [6.07, 6.45) is 2.71. The van der Waals surface area contributed by atoms with E-state index in [1.807, 2.05) is 13.0 Å². The minimum absolute atomic E-state index is 0.505. The molecule has 15 heavy (non-hydrogen) atoms. The molecule has 0 saturated carbocycles. The van der Waals surface area contributed by atoms with Gasteiger partial charge in [-0.2, -0.15) is 9.78 Å². The molecule has 0 unspecified atom stereocenters. The van der Waals surface area contributed by atoms with Crippen molar-refractivity contribution in [3.63, 3.8) is 0 Å². The highest BCUT2D eigenvalue weighted by Crippen LogP contribution is 2.09. The Morgan fingerprint density at radius 3 is 2.67 bits per heavy atom. The fraction of sp³-hybridized carbons (Fsp3) is 0.0909. The fourth-order valence-corrected chi connectivity index (χ4v) is 1.15. The van der Waals surface area contributed by atoms with Crippen LogP contribution < -0.4 is 4.74 Å². The monoisotopic (exact) mass is 202 g/mol. The van der Waals surface area contributed by atoms with E-state index in [1.165, 1.54) is 4.68 Å². The summed E-state index contributed by atoms with van der Waals surface area (Å²) in [4.78, 5) is 11.5. The first-order valence-corrected chi connectivity index (χ1v) is 4.54. The molecule has 0 spiro atoms. The third kappa shape index (κ3) is 2.22. The van der Waals surface area contributed by atoms with Crippen molar-refractivity contribution in [2.45, 2.75) is 6.92 Å². The maximum absolute atomic E-state index is 11.5. The van der Waals surface area contributed by atoms with Gasteiger partial charge in [0.15, 0.2) is 0 Å². The molecule has 2 rings (SSSR count). The van der Waals surface area contributed by atoms with Crippen molar-refractivity contribution in [3.8, 4) is 5.75 Å². The Labute approximate surface area is 87.1 Å². The number of hydrogen-bond acceptors (Lipinski definition) is 3. The zero-order valence-corrected chi connectivity index (χ0v) is 8.25. The van der Waals surface area contributed by atoms with Crippen molar-refractivity contribution in [2.24, 2.45) is 0 Å². The van der Waals surface area contributed by atoms with E-state index in [4.69, 9.17) is 4.74 Å². The van der Waals surface area contributed by atoms with Crippen molar-refractivity contribution in [3.05, 3.63) is 48.3 Å². The SMILES string of the molecule is Cc1cnn(C(=O)Oc2ccccc2)c1. The van der Waals surface area contributed by atoms with E-state index in [0.29, 0.717) is 5.75 Å². The largest absolute Gasteiger partial charge is 0.440 e. The molecule has 0 atom stereocenters. The minimum atomic E-state index is -0.505. The van der Waals surface area contributed by atoms with Crippen LogP contribution in [0.1, 0.15) is 5.56 Å². The Balaban J connectivity index is 2.11. The molecular weight excluding hydrogens is 192 g/mol. The molecule has 1 aromatic carbocycles. The van der Waals surface area contributed by atoms with Gasteiger partial charge in [0, 0.05) is 6.20 Å². The molecule has 2 aromatic rings. The molecule has 0 amide bonds. The van der Waals surface area contributed by atoms with Gasteiger partial charge in [0.1, 0.15) is 5.75 Å². The van der Waals surface area contributed by atoms with Crippen LogP contribution in [0, 0.1) is 6.92 Å². The lowest BCUT2D eigenvalue weighted by atomic mass is 10.3. The maximum atomic E-state index is 11.5. The lowest BCUT2D eigenvalue weighted by Crippen LogP contribution is -2.16. The summed E-state index contributed by atoms with van der Waals surface area (Å²) >= 11 is 0. The van der Waals surface area contributed by atoms with Crippen LogP contribution in [0.5, 0.6) is 5.75 Å². The van der Waals surface area contributed by atoms with Gasteiger partial charge in [-0.1, -0.05) is 18.2 Å². The predicted octanol–water partition coefficient (Wildman–Crippen LogP) is 2.24. The van der Waals surface area contributed by atoms with Crippen molar-refractivity contribution in [1.82, 2.24) is 9.78 Å². The number of aromatic nitrogens is 2. The molecule has 0 radical (unpaired) electrons. The number of ether oxygens (including phenoxy) is 1. The second kappa shape index (κ2) is 3.96. The first-order valence-electron chi connectivity index (χ1n) is 4.54. The van der Waals surface area contributed by atoms with Crippen LogP contribution in [0.15, 0.2) is 42.7 Å². The second-order valence-electron chi connectivity index (χ2n) is 3.14. The van der Waals surface area contributed by atoms with Crippen LogP contribution in [-0.4, -0.2) is 15.9 Å². The molecular formula is C11H10N2O2. The summed E-state index contributed by atoms with van der Waals surface area (Å²) in [7, 11) is 0. The van der Waals surface area contributed by atoms with Crippen molar-refractivity contribution >= 4 is 6.09 Å². The van der Waals surface area contributed by atoms with Crippen LogP contribution >= 0.6 is 0 Å². The van der Waals surface area contributed by atoms with E-state index in [2.05, 4.69) is 5.10 Å². The number of carbonyl (C=O) groups is 1. The van der Waals surface area contributed by atoms with Gasteiger partial charge in [-0.15, -0.1) is 0 Å². The summed E-state index contributed by atoms with van der Waals surface area (Å²) < 4.78 is 6.24. The van der Waals surface area contributed by atoms with E-state index in [-0.39, 0.29) is 0 Å². The first kappa shape index (κ1) is 9.45. The van der Waals surface area contributed by atoms with Gasteiger partial charge in [-0.25, -0.2) is 4.79 Å². The molecule has 76 valence electrons. The average Bonchev–Trinajstić information content (AvgIpc) is 2.66. The zero-order chi connectivity index (χ0) is 10.7. The molecule has 0 aliphatic heterocycles. The van der Waals surface area contributed by atoms with Gasteiger partial charge in [0.2, 0.25) is 0 Å². The highest BCUT2D eigenvalue weighted by Gasteiger charge is 2.07. The van der Waals surface area contributed by atoms with E-state index < -0.39 is 6.09 Å². The van der Waals surface area contributed by atoms with Gasteiger partial charge in [0.05, 0.1) is 6.20 Å². The van der Waals surface area contributed by atoms with Gasteiger partial charge in [0.25, 0.3) is 0 Å². The van der Waals surface area contributed by atoms with Crippen molar-refractivity contribution < 1.29 is 9.53 Å². The zero-order valence-electron chi connectivity index (χ0n) is 8.25. The summed E-state index contributed by atoms with van der Waals surface area (Å²) in [5.74, 6) is 0.510. The van der Waals surface area contributed by atoms with Gasteiger partial charge >= 0.3 is 6.09 Å². The normalized spacial score (nSPS) is 9.93. The van der Waals surface area contributed by atoms with E-state index in [9.17, 15) is 4.79 Å². The Morgan fingerprint density at radius 1 is 1.33 bits per heavy atom. The van der Waals surface area contributed by atoms with Crippen LogP contribution in [0.3, 0.4) is 0 Å². The Kier molecular flexibility index (Phi) is 2.49. The standard InChI is InChI=1S/C11H10N2O2/c1-9-7-12-13(8-9)11(14)15-10-5-3-2-4-6-10/h2-8H,1H3. The number of aryl methyl sites for hydroxylation is 1. The molecule has 4 heteroatoms. The van der Waals surface area contributed by atoms with E-state index in [1.54, 1.807) is 36.7 Å². The van der Waals surface area contributed by atoms with E-state index >= 15 is 0 Å². The topological polar surface area (TPSA) is 44.1 Å². The van der Waals surface area contributed by atoms with Gasteiger partial charge < -0.3 is 4.74 Å². The molecule has 1 heterocycles. The number of para-hydroxylation sites is 1. The molecule has 4 nitrogen and oxygen atoms in total. The number of hydrogen-bond donors (Lipinski definition) is 0. The fourth-order valence-electron chi connectivity index (χ4n) is 1.15. The number of carbonyl (C=O) groups excluding carboxylic acids is 1. The quantitative estimate of drug-likeness (QED) is 0.712. The summed E-state index contributed by atoms with van der Waals surface area (Å²) in [5.41, 5.74) is 0.917. The van der Waals surface area contributed by atoms with E-state index in [0.717, 1.165) is 5.56 Å². The molecule has 1 aromatic heterocycles. The number of rotatable bonds is 1. The number of benzene rings is 1. The number of nitrogens with zero attached hydrogens (tertiary/aromatic N) is 2. The van der Waals surface area contributed by atoms with Gasteiger partial charge in [-0.05, 0) is 24.6 Å². The predicted molar refractivity (Wildman–Crippen MR) is 54.8 cm³/mol. The van der Waals surface area contributed by atoms with Crippen LogP contribution in [0.4, 0.5) is 4.79 Å². The smallest absolute Gasteiger partial charge is 0.409 e. The molecule has 0 aliphatic rings. The van der Waals surface area contributed by atoms with Crippen molar-refractivity contribution in [2.75, 3.05) is 0 Å². The Bertz CT molecular complexity index is 462. The van der Waals surface area contributed by atoms with Crippen LogP contribution in [0.25, 0.3) is 0 Å². The lowest BCUT2D eigenvalue weighted by Gasteiger charge is -2.02. The molecule has 0 aliphatic carbocycles. The summed E-state index contributed by atoms with van der Waals surface area (Å²) in [5, 5.41) is 3.85. The van der Waals surface area contributed by atoms with Gasteiger partial charge in [-0.3, -0.25) is 0 Å². The van der Waals surface area contributed by atoms with Crippen LogP contribution in [-0.2, 0) is 0 Å². The molecule has 0 saturated heterocycles. The average molecular weight is 202 g/mol. The molecule has 0 bridgehead atoms. The highest BCUT2D eigenvalue weighted by atomic mass is 16.6. The lowest BCUT2D eigenvalue weighted by molar-refractivity contribution is 0.198. The first-order chi connectivity index (χ1) is 7.25. The summed E-state index contributed by atoms with van der Waals surface area (Å²) in [6.45, 7) is 1.86. The molecule has 0 N–H and O–H groups in total. The minimum Gasteiger partial charge on any atom is -0.409 e.